The molecule has 0 unspecified atom stereocenters. The van der Waals surface area contributed by atoms with Gasteiger partial charge in [0, 0.05) is 60.4 Å². The molecule has 10 heteroatoms. The number of pyridine rings is 1. The van der Waals surface area contributed by atoms with Crippen molar-refractivity contribution >= 4 is 28.3 Å². The van der Waals surface area contributed by atoms with Gasteiger partial charge in [-0.05, 0) is 62.7 Å². The van der Waals surface area contributed by atoms with Crippen molar-refractivity contribution in [2.45, 2.75) is 71.8 Å². The first-order valence-electron chi connectivity index (χ1n) is 18.8. The molecule has 4 aromatic carbocycles. The van der Waals surface area contributed by atoms with Crippen LogP contribution in [0.3, 0.4) is 0 Å². The Hall–Kier alpha value is -4.25. The minimum Gasteiger partial charge on any atom is -0.550 e. The van der Waals surface area contributed by atoms with Crippen molar-refractivity contribution in [2.24, 2.45) is 0 Å². The van der Waals surface area contributed by atoms with Gasteiger partial charge in [0.1, 0.15) is 11.5 Å². The Bertz CT molecular complexity index is 2100. The molecule has 0 radical (unpaired) electrons. The number of aromatic nitrogens is 1. The summed E-state index contributed by atoms with van der Waals surface area (Å²) in [5.41, 5.74) is 7.78. The maximum Gasteiger partial charge on any atom is 1.00 e. The van der Waals surface area contributed by atoms with Crippen molar-refractivity contribution < 1.29 is 58.5 Å². The van der Waals surface area contributed by atoms with Gasteiger partial charge in [-0.3, -0.25) is 14.7 Å². The first kappa shape index (κ1) is 44.5. The summed E-state index contributed by atoms with van der Waals surface area (Å²) < 4.78 is 16.1. The van der Waals surface area contributed by atoms with Gasteiger partial charge in [-0.1, -0.05) is 102 Å². The normalized spacial score (nSPS) is 13.2. The Morgan fingerprint density at radius 1 is 0.768 bits per heavy atom. The summed E-state index contributed by atoms with van der Waals surface area (Å²) in [6.07, 6.45) is 2.06. The van der Waals surface area contributed by atoms with Crippen LogP contribution in [0.25, 0.3) is 21.9 Å². The number of amides is 1. The van der Waals surface area contributed by atoms with E-state index in [9.17, 15) is 14.7 Å². The average Bonchev–Trinajstić information content (AvgIpc) is 3.15. The smallest absolute Gasteiger partial charge is 0.550 e. The Kier molecular flexibility index (Phi) is 15.7. The van der Waals surface area contributed by atoms with E-state index in [-0.39, 0.29) is 59.1 Å². The summed E-state index contributed by atoms with van der Waals surface area (Å²) in [5.74, 6) is 0.149. The van der Waals surface area contributed by atoms with E-state index in [0.717, 1.165) is 83.0 Å². The molecule has 0 spiro atoms. The van der Waals surface area contributed by atoms with Crippen molar-refractivity contribution in [3.8, 4) is 22.6 Å². The van der Waals surface area contributed by atoms with Crippen LogP contribution in [0.15, 0.2) is 91.1 Å². The van der Waals surface area contributed by atoms with Gasteiger partial charge in [0.2, 0.25) is 5.91 Å². The Morgan fingerprint density at radius 3 is 1.86 bits per heavy atom. The van der Waals surface area contributed by atoms with Crippen LogP contribution in [-0.4, -0.2) is 62.3 Å². The van der Waals surface area contributed by atoms with E-state index in [1.807, 2.05) is 42.6 Å². The number of fused-ring (bicyclic) bond motifs is 1. The molecule has 290 valence electrons. The predicted octanol–water partition coefficient (Wildman–Crippen LogP) is 4.51. The molecule has 9 nitrogen and oxygen atoms in total. The minimum absolute atomic E-state index is 0. The Labute approximate surface area is 354 Å². The molecule has 5 aromatic rings. The monoisotopic (exact) mass is 767 g/mol. The standard InChI is InChI=1S/C33H37N3O3.C13H18O3.Na/c1-33(2,3)25-10-14-31(38-4)24(19-25)20-32(37)35-30-13-12-27(28-7-5-6-8-29(28)30)23-9-11-26(34-21-23)22-36-15-17-39-18-16-36;1-13(2,3)10-5-6-11(16-4)9(7-10)8-12(14)15;/h5-14,19,21H,15-18,20,22H2,1-4H3,(H,35,37);5-7H,8H2,1-4H3,(H,14,15);/q;;+1/p-1. The van der Waals surface area contributed by atoms with Crippen LogP contribution in [0.4, 0.5) is 5.69 Å². The molecule has 1 aliphatic heterocycles. The van der Waals surface area contributed by atoms with E-state index in [1.165, 1.54) is 12.7 Å². The number of rotatable bonds is 10. The first-order valence-corrected chi connectivity index (χ1v) is 18.8. The third kappa shape index (κ3) is 11.9. The molecular formula is C46H54N3NaO6. The number of morpholine rings is 1. The number of nitrogens with one attached hydrogen (secondary N) is 1. The molecule has 6 rings (SSSR count). The number of carbonyl (C=O) groups excluding carboxylic acids is 2. The number of hydrogen-bond acceptors (Lipinski definition) is 8. The predicted molar refractivity (Wildman–Crippen MR) is 218 cm³/mol. The van der Waals surface area contributed by atoms with E-state index in [1.54, 1.807) is 13.2 Å². The van der Waals surface area contributed by atoms with Crippen molar-refractivity contribution in [3.05, 3.63) is 119 Å². The average molecular weight is 768 g/mol. The molecule has 1 saturated heterocycles. The zero-order valence-electron chi connectivity index (χ0n) is 34.5. The number of ether oxygens (including phenoxy) is 3. The molecule has 0 aliphatic carbocycles. The number of nitrogens with zero attached hydrogens (tertiary/aromatic N) is 2. The first-order chi connectivity index (χ1) is 26.2. The molecule has 1 amide bonds. The number of hydrogen-bond donors (Lipinski definition) is 1. The van der Waals surface area contributed by atoms with Gasteiger partial charge in [0.15, 0.2) is 0 Å². The van der Waals surface area contributed by atoms with Crippen LogP contribution in [0, 0.1) is 0 Å². The van der Waals surface area contributed by atoms with Crippen molar-refractivity contribution in [2.75, 3.05) is 45.8 Å². The fourth-order valence-electron chi connectivity index (χ4n) is 6.61. The number of methoxy groups -OCH3 is 2. The van der Waals surface area contributed by atoms with E-state index in [4.69, 9.17) is 19.2 Å². The topological polar surface area (TPSA) is 113 Å². The van der Waals surface area contributed by atoms with Gasteiger partial charge in [0.05, 0.1) is 39.5 Å². The second-order valence-corrected chi connectivity index (χ2v) is 16.0. The summed E-state index contributed by atoms with van der Waals surface area (Å²) in [6, 6.07) is 28.2. The van der Waals surface area contributed by atoms with Gasteiger partial charge >= 0.3 is 29.6 Å². The second kappa shape index (κ2) is 19.7. The molecule has 1 N–H and O–H groups in total. The minimum atomic E-state index is -1.09. The Balaban J connectivity index is 0.000000346. The molecule has 0 bridgehead atoms. The zero-order chi connectivity index (χ0) is 39.8. The van der Waals surface area contributed by atoms with Crippen LogP contribution in [0.1, 0.15) is 69.5 Å². The summed E-state index contributed by atoms with van der Waals surface area (Å²) in [6.45, 7) is 17.0. The number of carboxylic acids is 1. The van der Waals surface area contributed by atoms with Crippen LogP contribution in [-0.2, 0) is 44.5 Å². The van der Waals surface area contributed by atoms with E-state index >= 15 is 0 Å². The van der Waals surface area contributed by atoms with Crippen molar-refractivity contribution in [3.63, 3.8) is 0 Å². The largest absolute Gasteiger partial charge is 1.00 e. The summed E-state index contributed by atoms with van der Waals surface area (Å²) >= 11 is 0. The maximum atomic E-state index is 13.2. The van der Waals surface area contributed by atoms with E-state index in [2.05, 4.69) is 94.2 Å². The third-order valence-electron chi connectivity index (χ3n) is 9.80. The molecule has 1 fully saturated rings. The van der Waals surface area contributed by atoms with Gasteiger partial charge in [-0.25, -0.2) is 0 Å². The van der Waals surface area contributed by atoms with Crippen LogP contribution in [0.2, 0.25) is 0 Å². The van der Waals surface area contributed by atoms with Gasteiger partial charge < -0.3 is 29.4 Å². The molecule has 0 atom stereocenters. The third-order valence-corrected chi connectivity index (χ3v) is 9.80. The zero-order valence-corrected chi connectivity index (χ0v) is 36.5. The molecule has 1 aliphatic rings. The van der Waals surface area contributed by atoms with Gasteiger partial charge in [0.25, 0.3) is 0 Å². The molecule has 56 heavy (non-hydrogen) atoms. The number of benzene rings is 4. The summed E-state index contributed by atoms with van der Waals surface area (Å²) in [5, 5.41) is 15.9. The van der Waals surface area contributed by atoms with E-state index < -0.39 is 5.97 Å². The fourth-order valence-corrected chi connectivity index (χ4v) is 6.61. The SMILES string of the molecule is COc1ccc(C(C)(C)C)cc1CC(=O)Nc1ccc(-c2ccc(CN3CCOCC3)nc2)c2ccccc12.COc1ccc(C(C)(C)C)cc1CC(=O)[O-].[Na+]. The summed E-state index contributed by atoms with van der Waals surface area (Å²) in [7, 11) is 3.18. The number of carboxylic acid groups (broad SMARTS) is 1. The molecular weight excluding hydrogens is 714 g/mol. The van der Waals surface area contributed by atoms with E-state index in [0.29, 0.717) is 11.3 Å². The fraction of sp³-hybridized carbons (Fsp3) is 0.370. The number of aliphatic carboxylic acids is 1. The van der Waals surface area contributed by atoms with Crippen LogP contribution in [0.5, 0.6) is 11.5 Å². The molecule has 1 aromatic heterocycles. The molecule has 0 saturated carbocycles. The van der Waals surface area contributed by atoms with Crippen molar-refractivity contribution in [1.82, 2.24) is 9.88 Å². The number of carbonyl (C=O) groups is 2. The number of anilines is 1. The van der Waals surface area contributed by atoms with Crippen molar-refractivity contribution in [1.29, 1.82) is 0 Å². The molecule has 2 heterocycles. The van der Waals surface area contributed by atoms with Gasteiger partial charge in [-0.2, -0.15) is 0 Å². The van der Waals surface area contributed by atoms with Crippen LogP contribution >= 0.6 is 0 Å². The Morgan fingerprint density at radius 2 is 1.34 bits per heavy atom. The van der Waals surface area contributed by atoms with Crippen LogP contribution < -0.4 is 49.5 Å². The summed E-state index contributed by atoms with van der Waals surface area (Å²) in [4.78, 5) is 31.0. The maximum absolute atomic E-state index is 13.2. The van der Waals surface area contributed by atoms with Gasteiger partial charge in [-0.15, -0.1) is 0 Å². The quantitative estimate of drug-likeness (QED) is 0.207. The second-order valence-electron chi connectivity index (χ2n) is 16.0.